The summed E-state index contributed by atoms with van der Waals surface area (Å²) < 4.78 is 16.2. The van der Waals surface area contributed by atoms with Gasteiger partial charge in [0.1, 0.15) is 18.1 Å². The fourth-order valence-electron chi connectivity index (χ4n) is 5.98. The predicted octanol–water partition coefficient (Wildman–Crippen LogP) is -0.544. The number of rotatable bonds is 33. The van der Waals surface area contributed by atoms with Crippen LogP contribution in [0.5, 0.6) is 0 Å². The Hall–Kier alpha value is -4.60. The molecule has 0 heterocycles. The van der Waals surface area contributed by atoms with Gasteiger partial charge < -0.3 is 67.2 Å². The van der Waals surface area contributed by atoms with E-state index in [4.69, 9.17) is 25.1 Å². The summed E-state index contributed by atoms with van der Waals surface area (Å²) >= 11 is 0. The highest BCUT2D eigenvalue weighted by molar-refractivity contribution is 5.88. The molecule has 6 amide bonds. The van der Waals surface area contributed by atoms with Crippen molar-refractivity contribution in [1.29, 1.82) is 0 Å². The van der Waals surface area contributed by atoms with Crippen molar-refractivity contribution >= 4 is 47.6 Å². The number of unbranched alkanes of at least 4 members (excludes halogenated alkanes) is 2. The van der Waals surface area contributed by atoms with Gasteiger partial charge in [-0.3, -0.25) is 24.0 Å². The summed E-state index contributed by atoms with van der Waals surface area (Å²) in [7, 11) is 0. The van der Waals surface area contributed by atoms with Gasteiger partial charge in [0.2, 0.25) is 23.6 Å². The van der Waals surface area contributed by atoms with Crippen LogP contribution in [0.4, 0.5) is 4.79 Å². The predicted molar refractivity (Wildman–Crippen MR) is 207 cm³/mol. The maximum Gasteiger partial charge on any atom is 0.326 e. The molecule has 21 heteroatoms. The number of ether oxygens (including phenoxy) is 3. The number of aliphatic carboxylic acids is 3. The summed E-state index contributed by atoms with van der Waals surface area (Å²) in [6.45, 7) is 5.17. The number of hydrogen-bond acceptors (Lipinski definition) is 12. The van der Waals surface area contributed by atoms with E-state index in [2.05, 4.69) is 31.9 Å². The minimum Gasteiger partial charge on any atom is -0.481 e. The van der Waals surface area contributed by atoms with E-state index in [9.17, 15) is 48.6 Å². The number of carboxylic acids is 3. The molecular weight excluding hydrogens is 766 g/mol. The van der Waals surface area contributed by atoms with E-state index in [1.165, 1.54) is 6.92 Å². The molecule has 0 aromatic rings. The van der Waals surface area contributed by atoms with Crippen molar-refractivity contribution in [3.8, 4) is 0 Å². The highest BCUT2D eigenvalue weighted by Crippen LogP contribution is 2.28. The third-order valence-corrected chi connectivity index (χ3v) is 9.30. The average Bonchev–Trinajstić information content (AvgIpc) is 3.17. The molecule has 0 unspecified atom stereocenters. The van der Waals surface area contributed by atoms with Gasteiger partial charge in [0, 0.05) is 45.3 Å². The van der Waals surface area contributed by atoms with Crippen LogP contribution in [-0.2, 0) is 47.8 Å². The lowest BCUT2D eigenvalue weighted by Gasteiger charge is -2.29. The molecule has 0 aliphatic heterocycles. The number of urea groups is 1. The van der Waals surface area contributed by atoms with Gasteiger partial charge in [0.25, 0.3) is 0 Å². The Kier molecular flexibility index (Phi) is 27.8. The molecule has 1 saturated carbocycles. The second-order valence-corrected chi connectivity index (χ2v) is 14.1. The third-order valence-electron chi connectivity index (χ3n) is 9.30. The number of carbonyl (C=O) groups is 8. The molecular formula is C37H65N7O14. The van der Waals surface area contributed by atoms with E-state index in [1.54, 1.807) is 0 Å². The molecule has 1 aliphatic rings. The van der Waals surface area contributed by atoms with Crippen molar-refractivity contribution in [3.63, 3.8) is 0 Å². The van der Waals surface area contributed by atoms with Crippen LogP contribution in [0.25, 0.3) is 0 Å². The molecule has 332 valence electrons. The summed E-state index contributed by atoms with van der Waals surface area (Å²) in [4.78, 5) is 95.4. The molecule has 0 saturated heterocycles. The summed E-state index contributed by atoms with van der Waals surface area (Å²) in [6.07, 6.45) is 4.30. The van der Waals surface area contributed by atoms with Gasteiger partial charge in [-0.15, -0.1) is 0 Å². The Morgan fingerprint density at radius 2 is 1.19 bits per heavy atom. The first-order valence-corrected chi connectivity index (χ1v) is 20.0. The minimum absolute atomic E-state index is 0.0265. The molecule has 21 nitrogen and oxygen atoms in total. The van der Waals surface area contributed by atoms with Crippen LogP contribution in [0.2, 0.25) is 0 Å². The van der Waals surface area contributed by atoms with Gasteiger partial charge in [0.05, 0.1) is 39.6 Å². The third kappa shape index (κ3) is 25.6. The van der Waals surface area contributed by atoms with E-state index in [-0.39, 0.29) is 74.3 Å². The fourth-order valence-corrected chi connectivity index (χ4v) is 5.98. The highest BCUT2D eigenvalue weighted by atomic mass is 16.5. The van der Waals surface area contributed by atoms with Crippen molar-refractivity contribution in [2.24, 2.45) is 17.6 Å². The van der Waals surface area contributed by atoms with Crippen molar-refractivity contribution in [3.05, 3.63) is 0 Å². The Labute approximate surface area is 339 Å². The van der Waals surface area contributed by atoms with Crippen LogP contribution < -0.4 is 37.6 Å². The van der Waals surface area contributed by atoms with Crippen molar-refractivity contribution < 1.29 is 67.9 Å². The summed E-state index contributed by atoms with van der Waals surface area (Å²) in [5, 5.41) is 43.0. The monoisotopic (exact) mass is 831 g/mol. The number of nitrogens with two attached hydrogens (primary N) is 1. The second kappa shape index (κ2) is 31.4. The maximum absolute atomic E-state index is 13.2. The topological polar surface area (TPSA) is 323 Å². The molecule has 0 spiro atoms. The SMILES string of the molecule is CC(=O)NCCOCCOCCOCCC(=O)NCC1CCC(C(=O)N[C@@H](CCCCN)C(=O)NCCCC[C@H](NC(=O)N[C@@H](CCC(=O)O)C(=O)O)C(=O)O)CC1. The van der Waals surface area contributed by atoms with E-state index < -0.39 is 48.5 Å². The molecule has 0 aromatic carbocycles. The lowest BCUT2D eigenvalue weighted by Crippen LogP contribution is -2.51. The number of nitrogens with one attached hydrogen (secondary N) is 6. The molecule has 11 N–H and O–H groups in total. The number of amides is 6. The first-order chi connectivity index (χ1) is 27.7. The maximum atomic E-state index is 13.2. The van der Waals surface area contributed by atoms with E-state index in [0.29, 0.717) is 91.2 Å². The summed E-state index contributed by atoms with van der Waals surface area (Å²) in [5.41, 5.74) is 5.63. The standard InChI is InChI=1S/C37H65N7O14/c1-25(45)39-17-19-57-21-23-58-22-20-56-18-14-31(46)41-24-26-8-10-27(11-9-26)33(49)42-28(6-2-4-15-38)34(50)40-16-5-3-7-29(35(51)52)43-37(55)44-30(36(53)54)12-13-32(47)48/h26-30H,2-24,38H2,1H3,(H,39,45)(H,40,50)(H,41,46)(H,42,49)(H,47,48)(H,51,52)(H,53,54)(H2,43,44,55)/t26?,27?,28-,29-,30-/m0/s1. The molecule has 0 aromatic heterocycles. The van der Waals surface area contributed by atoms with Crippen LogP contribution >= 0.6 is 0 Å². The quantitative estimate of drug-likeness (QED) is 0.0371. The summed E-state index contributed by atoms with van der Waals surface area (Å²) in [6, 6.07) is -4.73. The van der Waals surface area contributed by atoms with Gasteiger partial charge in [0.15, 0.2) is 0 Å². The average molecular weight is 832 g/mol. The largest absolute Gasteiger partial charge is 0.481 e. The van der Waals surface area contributed by atoms with Gasteiger partial charge in [-0.1, -0.05) is 0 Å². The molecule has 0 radical (unpaired) electrons. The van der Waals surface area contributed by atoms with Crippen LogP contribution in [0.15, 0.2) is 0 Å². The Balaban J connectivity index is 2.36. The minimum atomic E-state index is -1.52. The molecule has 1 aliphatic carbocycles. The van der Waals surface area contributed by atoms with E-state index in [1.807, 2.05) is 0 Å². The zero-order chi connectivity index (χ0) is 43.1. The van der Waals surface area contributed by atoms with E-state index >= 15 is 0 Å². The van der Waals surface area contributed by atoms with Crippen LogP contribution in [0.1, 0.15) is 90.4 Å². The Bertz CT molecular complexity index is 1280. The zero-order valence-corrected chi connectivity index (χ0v) is 33.6. The van der Waals surface area contributed by atoms with E-state index in [0.717, 1.165) is 12.8 Å². The molecule has 1 rings (SSSR count). The first-order valence-electron chi connectivity index (χ1n) is 20.0. The van der Waals surface area contributed by atoms with Gasteiger partial charge in [-0.25, -0.2) is 14.4 Å². The number of hydrogen-bond donors (Lipinski definition) is 10. The normalized spacial score (nSPS) is 16.5. The number of carbonyl (C=O) groups excluding carboxylic acids is 5. The molecule has 0 bridgehead atoms. The second-order valence-electron chi connectivity index (χ2n) is 14.1. The summed E-state index contributed by atoms with van der Waals surface area (Å²) in [5.74, 6) is -4.94. The molecule has 1 fully saturated rings. The zero-order valence-electron chi connectivity index (χ0n) is 33.6. The fraction of sp³-hybridized carbons (Fsp3) is 0.784. The van der Waals surface area contributed by atoms with Crippen LogP contribution in [-0.4, -0.2) is 147 Å². The molecule has 58 heavy (non-hydrogen) atoms. The van der Waals surface area contributed by atoms with Gasteiger partial charge >= 0.3 is 23.9 Å². The van der Waals surface area contributed by atoms with Crippen molar-refractivity contribution in [2.75, 3.05) is 65.8 Å². The Morgan fingerprint density at radius 1 is 0.621 bits per heavy atom. The van der Waals surface area contributed by atoms with Crippen LogP contribution in [0, 0.1) is 11.8 Å². The first kappa shape index (κ1) is 51.4. The molecule has 3 atom stereocenters. The van der Waals surface area contributed by atoms with Crippen molar-refractivity contribution in [2.45, 2.75) is 109 Å². The smallest absolute Gasteiger partial charge is 0.326 e. The number of carboxylic acid groups (broad SMARTS) is 3. The van der Waals surface area contributed by atoms with Crippen molar-refractivity contribution in [1.82, 2.24) is 31.9 Å². The lowest BCUT2D eigenvalue weighted by atomic mass is 9.81. The highest BCUT2D eigenvalue weighted by Gasteiger charge is 2.30. The van der Waals surface area contributed by atoms with Gasteiger partial charge in [-0.05, 0) is 83.1 Å². The lowest BCUT2D eigenvalue weighted by molar-refractivity contribution is -0.141. The van der Waals surface area contributed by atoms with Crippen LogP contribution in [0.3, 0.4) is 0 Å². The Morgan fingerprint density at radius 3 is 1.78 bits per heavy atom. The van der Waals surface area contributed by atoms with Gasteiger partial charge in [-0.2, -0.15) is 0 Å².